The van der Waals surface area contributed by atoms with Crippen molar-refractivity contribution in [3.63, 3.8) is 0 Å². The maximum atomic E-state index is 3.63. The quantitative estimate of drug-likeness (QED) is 0.552. The fourth-order valence-electron chi connectivity index (χ4n) is 0.869. The minimum absolute atomic E-state index is 0.623. The van der Waals surface area contributed by atoms with Crippen LogP contribution in [0.4, 0.5) is 0 Å². The Balaban J connectivity index is 3.25. The zero-order valence-corrected chi connectivity index (χ0v) is 6.59. The molecule has 0 N–H and O–H groups in total. The summed E-state index contributed by atoms with van der Waals surface area (Å²) in [7, 11) is 4.15. The van der Waals surface area contributed by atoms with E-state index in [1.165, 1.54) is 0 Å². The van der Waals surface area contributed by atoms with Crippen LogP contribution in [0.15, 0.2) is 12.7 Å². The van der Waals surface area contributed by atoms with Gasteiger partial charge in [0, 0.05) is 6.54 Å². The molecule has 0 amide bonds. The molecule has 0 heterocycles. The second-order valence-electron chi connectivity index (χ2n) is 2.67. The molecule has 0 fully saturated rings. The highest BCUT2D eigenvalue weighted by Gasteiger charge is 1.99. The Morgan fingerprint density at radius 2 is 2.11 bits per heavy atom. The highest BCUT2D eigenvalue weighted by molar-refractivity contribution is 4.90. The van der Waals surface area contributed by atoms with E-state index >= 15 is 0 Å². The molecular weight excluding hydrogens is 110 g/mol. The lowest BCUT2D eigenvalue weighted by Crippen LogP contribution is -2.19. The number of hydrogen-bond acceptors (Lipinski definition) is 1. The summed E-state index contributed by atoms with van der Waals surface area (Å²) in [6, 6.07) is 0. The van der Waals surface area contributed by atoms with E-state index < -0.39 is 0 Å². The van der Waals surface area contributed by atoms with Gasteiger partial charge in [-0.05, 0) is 26.4 Å². The number of hydrogen-bond donors (Lipinski definition) is 0. The zero-order chi connectivity index (χ0) is 7.28. The summed E-state index contributed by atoms with van der Waals surface area (Å²) in [4.78, 5) is 2.17. The molecule has 0 aliphatic carbocycles. The third-order valence-electron chi connectivity index (χ3n) is 1.12. The first-order chi connectivity index (χ1) is 4.16. The van der Waals surface area contributed by atoms with Gasteiger partial charge in [-0.2, -0.15) is 0 Å². The van der Waals surface area contributed by atoms with Crippen LogP contribution in [0.3, 0.4) is 0 Å². The minimum atomic E-state index is 0.623. The van der Waals surface area contributed by atoms with E-state index in [-0.39, 0.29) is 0 Å². The van der Waals surface area contributed by atoms with Crippen molar-refractivity contribution in [2.45, 2.75) is 6.92 Å². The molecule has 0 bridgehead atoms. The van der Waals surface area contributed by atoms with Gasteiger partial charge in [0.15, 0.2) is 0 Å². The van der Waals surface area contributed by atoms with E-state index in [9.17, 15) is 0 Å². The van der Waals surface area contributed by atoms with Gasteiger partial charge >= 0.3 is 0 Å². The van der Waals surface area contributed by atoms with E-state index in [2.05, 4.69) is 38.9 Å². The fraction of sp³-hybridized carbons (Fsp3) is 0.625. The predicted octanol–water partition coefficient (Wildman–Crippen LogP) is 1.57. The van der Waals surface area contributed by atoms with Crippen molar-refractivity contribution in [3.8, 4) is 0 Å². The molecule has 0 saturated heterocycles. The summed E-state index contributed by atoms with van der Waals surface area (Å²) in [6.45, 7) is 6.92. The lowest BCUT2D eigenvalue weighted by molar-refractivity contribution is 0.364. The van der Waals surface area contributed by atoms with E-state index in [0.29, 0.717) is 5.92 Å². The van der Waals surface area contributed by atoms with Gasteiger partial charge in [0.25, 0.3) is 0 Å². The van der Waals surface area contributed by atoms with Crippen LogP contribution < -0.4 is 0 Å². The molecule has 0 aromatic carbocycles. The van der Waals surface area contributed by atoms with Crippen LogP contribution >= 0.6 is 0 Å². The van der Waals surface area contributed by atoms with Gasteiger partial charge in [0.05, 0.1) is 0 Å². The highest BCUT2D eigenvalue weighted by Crippen LogP contribution is 2.00. The van der Waals surface area contributed by atoms with Crippen LogP contribution in [0.2, 0.25) is 0 Å². The van der Waals surface area contributed by atoms with Crippen molar-refractivity contribution in [1.82, 2.24) is 4.90 Å². The summed E-state index contributed by atoms with van der Waals surface area (Å²) in [5, 5.41) is 0. The zero-order valence-electron chi connectivity index (χ0n) is 6.59. The van der Waals surface area contributed by atoms with Crippen LogP contribution in [0.25, 0.3) is 0 Å². The molecule has 0 spiro atoms. The molecule has 0 aromatic rings. The second kappa shape index (κ2) is 4.57. The van der Waals surface area contributed by atoms with Gasteiger partial charge in [-0.15, -0.1) is 6.58 Å². The van der Waals surface area contributed by atoms with Crippen LogP contribution in [-0.4, -0.2) is 25.5 Å². The molecule has 9 heavy (non-hydrogen) atoms. The molecule has 53 valence electrons. The highest BCUT2D eigenvalue weighted by atomic mass is 15.0. The topological polar surface area (TPSA) is 3.24 Å². The van der Waals surface area contributed by atoms with Gasteiger partial charge < -0.3 is 4.90 Å². The average molecular weight is 126 g/mol. The van der Waals surface area contributed by atoms with Crippen molar-refractivity contribution in [3.05, 3.63) is 19.1 Å². The monoisotopic (exact) mass is 126 g/mol. The summed E-state index contributed by atoms with van der Waals surface area (Å²) >= 11 is 0. The Hall–Kier alpha value is -0.300. The third-order valence-corrected chi connectivity index (χ3v) is 1.12. The first-order valence-electron chi connectivity index (χ1n) is 3.27. The molecule has 1 nitrogen and oxygen atoms in total. The smallest absolute Gasteiger partial charge is 0.000676 e. The summed E-state index contributed by atoms with van der Waals surface area (Å²) in [5.74, 6) is 0.623. The average Bonchev–Trinajstić information content (AvgIpc) is 1.63. The van der Waals surface area contributed by atoms with E-state index in [0.717, 1.165) is 6.54 Å². The molecule has 0 aliphatic heterocycles. The van der Waals surface area contributed by atoms with Gasteiger partial charge in [0.2, 0.25) is 0 Å². The number of rotatable bonds is 4. The predicted molar refractivity (Wildman–Crippen MR) is 42.2 cm³/mol. The van der Waals surface area contributed by atoms with Gasteiger partial charge in [0.1, 0.15) is 0 Å². The Bertz CT molecular complexity index is 76.6. The molecule has 1 atom stereocenters. The first kappa shape index (κ1) is 8.70. The SMILES string of the molecule is C=C[CH][C@H](C)CN(C)C. The number of nitrogens with zero attached hydrogens (tertiary/aromatic N) is 1. The van der Waals surface area contributed by atoms with E-state index in [1.54, 1.807) is 0 Å². The van der Waals surface area contributed by atoms with Crippen molar-refractivity contribution < 1.29 is 0 Å². The lowest BCUT2D eigenvalue weighted by Gasteiger charge is -2.14. The molecule has 0 saturated carbocycles. The van der Waals surface area contributed by atoms with E-state index in [4.69, 9.17) is 0 Å². The van der Waals surface area contributed by atoms with Crippen LogP contribution in [0, 0.1) is 12.3 Å². The second-order valence-corrected chi connectivity index (χ2v) is 2.67. The van der Waals surface area contributed by atoms with Crippen molar-refractivity contribution in [2.24, 2.45) is 5.92 Å². The fourth-order valence-corrected chi connectivity index (χ4v) is 0.869. The largest absolute Gasteiger partial charge is 0.309 e. The van der Waals surface area contributed by atoms with E-state index in [1.807, 2.05) is 6.08 Å². The number of allylic oxidation sites excluding steroid dienone is 1. The van der Waals surface area contributed by atoms with Crippen LogP contribution in [0.5, 0.6) is 0 Å². The molecular formula is C8H16N. The molecule has 0 rings (SSSR count). The maximum absolute atomic E-state index is 3.63. The Labute approximate surface area is 58.4 Å². The standard InChI is InChI=1S/C8H16N/c1-5-6-8(2)7-9(3)4/h5-6,8H,1,7H2,2-4H3/t8-/m0/s1. The Morgan fingerprint density at radius 1 is 1.56 bits per heavy atom. The molecule has 0 aliphatic rings. The molecule has 0 aromatic heterocycles. The maximum Gasteiger partial charge on any atom is 0.000676 e. The minimum Gasteiger partial charge on any atom is -0.309 e. The Morgan fingerprint density at radius 3 is 2.44 bits per heavy atom. The van der Waals surface area contributed by atoms with Gasteiger partial charge in [-0.1, -0.05) is 13.0 Å². The van der Waals surface area contributed by atoms with Crippen LogP contribution in [0.1, 0.15) is 6.92 Å². The summed E-state index contributed by atoms with van der Waals surface area (Å²) in [6.07, 6.45) is 3.97. The normalized spacial score (nSPS) is 13.8. The Kier molecular flexibility index (Phi) is 4.41. The van der Waals surface area contributed by atoms with Crippen LogP contribution in [-0.2, 0) is 0 Å². The third kappa shape index (κ3) is 5.57. The molecule has 1 radical (unpaired) electrons. The lowest BCUT2D eigenvalue weighted by atomic mass is 10.1. The summed E-state index contributed by atoms with van der Waals surface area (Å²) in [5.41, 5.74) is 0. The van der Waals surface area contributed by atoms with Crippen molar-refractivity contribution in [2.75, 3.05) is 20.6 Å². The van der Waals surface area contributed by atoms with Crippen molar-refractivity contribution in [1.29, 1.82) is 0 Å². The molecule has 1 heteroatoms. The molecule has 0 unspecified atom stereocenters. The van der Waals surface area contributed by atoms with Gasteiger partial charge in [-0.25, -0.2) is 0 Å². The van der Waals surface area contributed by atoms with Gasteiger partial charge in [-0.3, -0.25) is 0 Å². The first-order valence-corrected chi connectivity index (χ1v) is 3.27. The van der Waals surface area contributed by atoms with Crippen molar-refractivity contribution >= 4 is 0 Å². The summed E-state index contributed by atoms with van der Waals surface area (Å²) < 4.78 is 0.